The summed E-state index contributed by atoms with van der Waals surface area (Å²) in [5.74, 6) is 1.88. The van der Waals surface area contributed by atoms with Crippen LogP contribution >= 0.6 is 24.0 Å². The van der Waals surface area contributed by atoms with Crippen LogP contribution in [0.3, 0.4) is 0 Å². The van der Waals surface area contributed by atoms with E-state index in [2.05, 4.69) is 66.0 Å². The zero-order valence-electron chi connectivity index (χ0n) is 17.1. The van der Waals surface area contributed by atoms with Crippen molar-refractivity contribution in [1.82, 2.24) is 19.7 Å². The summed E-state index contributed by atoms with van der Waals surface area (Å²) in [6, 6.07) is 4.26. The first-order chi connectivity index (χ1) is 12.1. The quantitative estimate of drug-likeness (QED) is 0.270. The first-order valence-electron chi connectivity index (χ1n) is 9.92. The topological polar surface area (TPSA) is 35.8 Å². The van der Waals surface area contributed by atoms with Crippen molar-refractivity contribution in [3.05, 3.63) is 24.0 Å². The van der Waals surface area contributed by atoms with Crippen LogP contribution in [0.4, 0.5) is 0 Å². The Labute approximate surface area is 177 Å². The smallest absolute Gasteiger partial charge is 0.194 e. The van der Waals surface area contributed by atoms with Gasteiger partial charge in [0.25, 0.3) is 0 Å². The van der Waals surface area contributed by atoms with Gasteiger partial charge in [-0.2, -0.15) is 0 Å². The maximum atomic E-state index is 4.82. The van der Waals surface area contributed by atoms with Gasteiger partial charge in [0.05, 0.1) is 6.54 Å². The highest BCUT2D eigenvalue weighted by Crippen LogP contribution is 2.15. The Morgan fingerprint density at radius 1 is 1.38 bits per heavy atom. The number of aryl methyl sites for hydroxylation is 1. The van der Waals surface area contributed by atoms with Gasteiger partial charge in [0.15, 0.2) is 5.96 Å². The second-order valence-electron chi connectivity index (χ2n) is 7.46. The van der Waals surface area contributed by atoms with Crippen molar-refractivity contribution in [3.8, 4) is 0 Å². The van der Waals surface area contributed by atoms with Crippen LogP contribution in [0.2, 0.25) is 0 Å². The fourth-order valence-electron chi connectivity index (χ4n) is 3.57. The van der Waals surface area contributed by atoms with Gasteiger partial charge in [-0.1, -0.05) is 6.92 Å². The number of unbranched alkanes of at least 4 members (excludes halogenated alkanes) is 1. The largest absolute Gasteiger partial charge is 0.357 e. The number of guanidine groups is 1. The lowest BCUT2D eigenvalue weighted by Gasteiger charge is -2.30. The average Bonchev–Trinajstić information content (AvgIpc) is 2.98. The fraction of sp³-hybridized carbons (Fsp3) is 0.750. The third kappa shape index (κ3) is 7.86. The summed E-state index contributed by atoms with van der Waals surface area (Å²) in [4.78, 5) is 9.67. The van der Waals surface area contributed by atoms with Gasteiger partial charge in [-0.15, -0.1) is 24.0 Å². The van der Waals surface area contributed by atoms with E-state index in [1.807, 2.05) is 0 Å². The van der Waals surface area contributed by atoms with Crippen LogP contribution < -0.4 is 5.32 Å². The first-order valence-corrected chi connectivity index (χ1v) is 9.92. The maximum absolute atomic E-state index is 4.82. The molecule has 2 rings (SSSR count). The molecule has 0 bridgehead atoms. The molecular weight excluding hydrogens is 437 g/mol. The predicted octanol–water partition coefficient (Wildman–Crippen LogP) is 3.55. The second kappa shape index (κ2) is 12.6. The summed E-state index contributed by atoms with van der Waals surface area (Å²) in [6.45, 7) is 11.0. The van der Waals surface area contributed by atoms with Crippen LogP contribution in [0.1, 0.15) is 45.2 Å². The molecule has 1 fully saturated rings. The van der Waals surface area contributed by atoms with Crippen LogP contribution in [-0.4, -0.2) is 60.1 Å². The SMILES string of the molecule is CCNC(=NCCCCN1CCCC(C)C1)N(C)Cc1cccn1C.I. The molecule has 26 heavy (non-hydrogen) atoms. The van der Waals surface area contributed by atoms with E-state index < -0.39 is 0 Å². The molecule has 1 unspecified atom stereocenters. The van der Waals surface area contributed by atoms with E-state index in [0.717, 1.165) is 37.9 Å². The monoisotopic (exact) mass is 475 g/mol. The van der Waals surface area contributed by atoms with E-state index in [1.54, 1.807) is 0 Å². The summed E-state index contributed by atoms with van der Waals surface area (Å²) in [7, 11) is 4.21. The second-order valence-corrected chi connectivity index (χ2v) is 7.46. The molecule has 1 atom stereocenters. The molecule has 1 N–H and O–H groups in total. The summed E-state index contributed by atoms with van der Waals surface area (Å²) in [6.07, 6.45) is 7.28. The fourth-order valence-corrected chi connectivity index (χ4v) is 3.57. The molecule has 6 heteroatoms. The van der Waals surface area contributed by atoms with E-state index in [4.69, 9.17) is 4.99 Å². The van der Waals surface area contributed by atoms with Crippen LogP contribution in [-0.2, 0) is 13.6 Å². The van der Waals surface area contributed by atoms with E-state index >= 15 is 0 Å². The van der Waals surface area contributed by atoms with Crippen molar-refractivity contribution in [2.45, 2.75) is 46.1 Å². The number of rotatable bonds is 8. The van der Waals surface area contributed by atoms with Crippen molar-refractivity contribution in [2.24, 2.45) is 18.0 Å². The minimum Gasteiger partial charge on any atom is -0.357 e. The number of nitrogens with zero attached hydrogens (tertiary/aromatic N) is 4. The molecule has 1 aliphatic rings. The van der Waals surface area contributed by atoms with Crippen molar-refractivity contribution < 1.29 is 0 Å². The molecule has 0 spiro atoms. The average molecular weight is 475 g/mol. The van der Waals surface area contributed by atoms with Crippen molar-refractivity contribution in [2.75, 3.05) is 39.8 Å². The molecule has 0 radical (unpaired) electrons. The Morgan fingerprint density at radius 2 is 2.19 bits per heavy atom. The number of aromatic nitrogens is 1. The number of aliphatic imine (C=N–C) groups is 1. The predicted molar refractivity (Wildman–Crippen MR) is 122 cm³/mol. The van der Waals surface area contributed by atoms with Crippen LogP contribution in [0.5, 0.6) is 0 Å². The Hall–Kier alpha value is -0.760. The standard InChI is InChI=1S/C20H37N5.HI/c1-5-21-20(24(4)17-19-11-9-13-23(19)3)22-12-6-7-14-25-15-8-10-18(2)16-25;/h9,11,13,18H,5-8,10,12,14-17H2,1-4H3,(H,21,22);1H. The molecule has 150 valence electrons. The molecule has 0 aromatic carbocycles. The van der Waals surface area contributed by atoms with E-state index in [-0.39, 0.29) is 24.0 Å². The molecular formula is C20H38IN5. The molecule has 1 aromatic rings. The highest BCUT2D eigenvalue weighted by molar-refractivity contribution is 14.0. The molecule has 0 aliphatic carbocycles. The lowest BCUT2D eigenvalue weighted by Crippen LogP contribution is -2.39. The van der Waals surface area contributed by atoms with Crippen molar-refractivity contribution in [1.29, 1.82) is 0 Å². The van der Waals surface area contributed by atoms with Gasteiger partial charge in [-0.3, -0.25) is 4.99 Å². The lowest BCUT2D eigenvalue weighted by atomic mass is 10.0. The van der Waals surface area contributed by atoms with Gasteiger partial charge >= 0.3 is 0 Å². The van der Waals surface area contributed by atoms with Gasteiger partial charge < -0.3 is 19.7 Å². The molecule has 0 saturated carbocycles. The van der Waals surface area contributed by atoms with Crippen LogP contribution in [0.25, 0.3) is 0 Å². The number of halogens is 1. The number of hydrogen-bond acceptors (Lipinski definition) is 2. The summed E-state index contributed by atoms with van der Waals surface area (Å²) >= 11 is 0. The first kappa shape index (κ1) is 23.3. The van der Waals surface area contributed by atoms with E-state index in [0.29, 0.717) is 0 Å². The van der Waals surface area contributed by atoms with Gasteiger partial charge in [0.2, 0.25) is 0 Å². The van der Waals surface area contributed by atoms with Crippen molar-refractivity contribution >= 4 is 29.9 Å². The zero-order valence-corrected chi connectivity index (χ0v) is 19.4. The van der Waals surface area contributed by atoms with E-state index in [1.165, 1.54) is 44.6 Å². The number of hydrogen-bond donors (Lipinski definition) is 1. The van der Waals surface area contributed by atoms with Gasteiger partial charge in [-0.25, -0.2) is 0 Å². The summed E-state index contributed by atoms with van der Waals surface area (Å²) in [5.41, 5.74) is 1.30. The third-order valence-corrected chi connectivity index (χ3v) is 5.03. The Bertz CT molecular complexity index is 528. The summed E-state index contributed by atoms with van der Waals surface area (Å²) < 4.78 is 2.17. The Morgan fingerprint density at radius 3 is 2.85 bits per heavy atom. The van der Waals surface area contributed by atoms with Crippen LogP contribution in [0, 0.1) is 5.92 Å². The highest BCUT2D eigenvalue weighted by atomic mass is 127. The highest BCUT2D eigenvalue weighted by Gasteiger charge is 2.15. The third-order valence-electron chi connectivity index (χ3n) is 5.03. The molecule has 5 nitrogen and oxygen atoms in total. The van der Waals surface area contributed by atoms with Gasteiger partial charge in [0, 0.05) is 45.6 Å². The minimum absolute atomic E-state index is 0. The van der Waals surface area contributed by atoms with Crippen molar-refractivity contribution in [3.63, 3.8) is 0 Å². The Balaban J connectivity index is 0.00000338. The lowest BCUT2D eigenvalue weighted by molar-refractivity contribution is 0.181. The van der Waals surface area contributed by atoms with E-state index in [9.17, 15) is 0 Å². The minimum atomic E-state index is 0. The zero-order chi connectivity index (χ0) is 18.1. The number of piperidine rings is 1. The Kier molecular flexibility index (Phi) is 11.3. The van der Waals surface area contributed by atoms with Crippen LogP contribution in [0.15, 0.2) is 23.3 Å². The van der Waals surface area contributed by atoms with Gasteiger partial charge in [0.1, 0.15) is 0 Å². The maximum Gasteiger partial charge on any atom is 0.194 e. The molecule has 2 heterocycles. The van der Waals surface area contributed by atoms with Gasteiger partial charge in [-0.05, 0) is 63.7 Å². The normalized spacial score (nSPS) is 18.5. The number of likely N-dealkylation sites (tertiary alicyclic amines) is 1. The molecule has 0 amide bonds. The molecule has 1 aromatic heterocycles. The number of nitrogens with one attached hydrogen (secondary N) is 1. The molecule has 1 saturated heterocycles. The summed E-state index contributed by atoms with van der Waals surface area (Å²) in [5, 5.41) is 3.42. The molecule has 1 aliphatic heterocycles.